The van der Waals surface area contributed by atoms with Crippen molar-refractivity contribution in [2.75, 3.05) is 30.4 Å². The number of nitrogens with zero attached hydrogens (tertiary/aromatic N) is 1. The number of carbonyl (C=O) groups excluding carboxylic acids is 1. The lowest BCUT2D eigenvalue weighted by Crippen LogP contribution is -2.15. The lowest BCUT2D eigenvalue weighted by Gasteiger charge is -2.11. The molecule has 0 saturated heterocycles. The number of benzene rings is 2. The van der Waals surface area contributed by atoms with Crippen molar-refractivity contribution in [3.63, 3.8) is 0 Å². The number of pyridine rings is 1. The number of amides is 1. The van der Waals surface area contributed by atoms with Crippen LogP contribution in [0.15, 0.2) is 65.7 Å². The first-order chi connectivity index (χ1) is 15.3. The molecule has 0 fully saturated rings. The van der Waals surface area contributed by atoms with Gasteiger partial charge < -0.3 is 14.8 Å². The number of hydrogen-bond acceptors (Lipinski definition) is 6. The number of anilines is 2. The summed E-state index contributed by atoms with van der Waals surface area (Å²) in [5.41, 5.74) is 0.877. The molecule has 0 atom stereocenters. The molecule has 0 aliphatic heterocycles. The minimum absolute atomic E-state index is 0.0259. The first-order valence-electron chi connectivity index (χ1n) is 9.25. The molecule has 8 nitrogen and oxygen atoms in total. The molecular formula is C21H19Cl2N3O5S. The zero-order valence-corrected chi connectivity index (χ0v) is 19.2. The maximum absolute atomic E-state index is 12.7. The SMILES string of the molecule is COCCOc1ccc(NC(=O)c2cccc(NS(=O)(=O)c3cc(Cl)ccc3Cl)c2)cn1. The second-order valence-electron chi connectivity index (χ2n) is 6.44. The van der Waals surface area contributed by atoms with Gasteiger partial charge in [0.2, 0.25) is 5.88 Å². The fourth-order valence-corrected chi connectivity index (χ4v) is 4.40. The van der Waals surface area contributed by atoms with Gasteiger partial charge in [0.05, 0.1) is 23.5 Å². The van der Waals surface area contributed by atoms with E-state index in [4.69, 9.17) is 32.7 Å². The van der Waals surface area contributed by atoms with Crippen LogP contribution in [-0.2, 0) is 14.8 Å². The summed E-state index contributed by atoms with van der Waals surface area (Å²) in [4.78, 5) is 16.5. The predicted octanol–water partition coefficient (Wildman–Crippen LogP) is 4.47. The Labute approximate surface area is 195 Å². The highest BCUT2D eigenvalue weighted by molar-refractivity contribution is 7.92. The van der Waals surface area contributed by atoms with Crippen LogP contribution < -0.4 is 14.8 Å². The van der Waals surface area contributed by atoms with Crippen molar-refractivity contribution in [2.45, 2.75) is 4.90 Å². The van der Waals surface area contributed by atoms with E-state index in [0.29, 0.717) is 24.8 Å². The summed E-state index contributed by atoms with van der Waals surface area (Å²) in [5.74, 6) is -0.0437. The van der Waals surface area contributed by atoms with Crippen LogP contribution in [0.3, 0.4) is 0 Å². The standard InChI is InChI=1S/C21H19Cl2N3O5S/c1-30-9-10-31-20-8-6-17(13-24-20)25-21(27)14-3-2-4-16(11-14)26-32(28,29)19-12-15(22)5-7-18(19)23/h2-8,11-13,26H,9-10H2,1H3,(H,25,27). The number of halogens is 2. The molecule has 1 amide bonds. The van der Waals surface area contributed by atoms with E-state index in [0.717, 1.165) is 0 Å². The Morgan fingerprint density at radius 1 is 1.03 bits per heavy atom. The zero-order chi connectivity index (χ0) is 23.1. The van der Waals surface area contributed by atoms with Crippen LogP contribution in [0.1, 0.15) is 10.4 Å². The monoisotopic (exact) mass is 495 g/mol. The summed E-state index contributed by atoms with van der Waals surface area (Å²) in [6.07, 6.45) is 1.45. The Morgan fingerprint density at radius 2 is 1.84 bits per heavy atom. The van der Waals surface area contributed by atoms with Gasteiger partial charge in [-0.25, -0.2) is 13.4 Å². The van der Waals surface area contributed by atoms with Gasteiger partial charge in [-0.3, -0.25) is 9.52 Å². The topological polar surface area (TPSA) is 107 Å². The van der Waals surface area contributed by atoms with Crippen LogP contribution in [0.5, 0.6) is 5.88 Å². The molecule has 1 heterocycles. The second-order valence-corrected chi connectivity index (χ2v) is 8.94. The van der Waals surface area contributed by atoms with Crippen LogP contribution in [0.2, 0.25) is 10.0 Å². The molecular weight excluding hydrogens is 477 g/mol. The quantitative estimate of drug-likeness (QED) is 0.424. The van der Waals surface area contributed by atoms with E-state index >= 15 is 0 Å². The van der Waals surface area contributed by atoms with Gasteiger partial charge in [0.15, 0.2) is 0 Å². The second kappa shape index (κ2) is 10.6. The lowest BCUT2D eigenvalue weighted by atomic mass is 10.2. The van der Waals surface area contributed by atoms with Gasteiger partial charge in [-0.05, 0) is 42.5 Å². The van der Waals surface area contributed by atoms with Crippen LogP contribution in [0.25, 0.3) is 0 Å². The van der Waals surface area contributed by atoms with Crippen molar-refractivity contribution in [3.8, 4) is 5.88 Å². The highest BCUT2D eigenvalue weighted by atomic mass is 35.5. The number of hydrogen-bond donors (Lipinski definition) is 2. The van der Waals surface area contributed by atoms with Gasteiger partial charge >= 0.3 is 0 Å². The van der Waals surface area contributed by atoms with Crippen molar-refractivity contribution in [1.29, 1.82) is 0 Å². The molecule has 0 saturated carbocycles. The summed E-state index contributed by atoms with van der Waals surface area (Å²) in [6.45, 7) is 0.794. The molecule has 3 aromatic rings. The maximum atomic E-state index is 12.7. The average molecular weight is 496 g/mol. The van der Waals surface area contributed by atoms with E-state index in [2.05, 4.69) is 15.0 Å². The van der Waals surface area contributed by atoms with Gasteiger partial charge in [-0.2, -0.15) is 0 Å². The third-order valence-electron chi connectivity index (χ3n) is 4.09. The van der Waals surface area contributed by atoms with Gasteiger partial charge in [-0.1, -0.05) is 29.3 Å². The van der Waals surface area contributed by atoms with E-state index < -0.39 is 15.9 Å². The maximum Gasteiger partial charge on any atom is 0.263 e. The summed E-state index contributed by atoms with van der Waals surface area (Å²) in [7, 11) is -2.44. The van der Waals surface area contributed by atoms with E-state index in [-0.39, 0.29) is 26.2 Å². The van der Waals surface area contributed by atoms with Crippen LogP contribution in [0, 0.1) is 0 Å². The molecule has 1 aromatic heterocycles. The fraction of sp³-hybridized carbons (Fsp3) is 0.143. The fourth-order valence-electron chi connectivity index (χ4n) is 2.59. The smallest absolute Gasteiger partial charge is 0.263 e. The summed E-state index contributed by atoms with van der Waals surface area (Å²) >= 11 is 11.9. The van der Waals surface area contributed by atoms with E-state index in [1.807, 2.05) is 0 Å². The van der Waals surface area contributed by atoms with Gasteiger partial charge in [0.25, 0.3) is 15.9 Å². The molecule has 11 heteroatoms. The number of sulfonamides is 1. The normalized spacial score (nSPS) is 11.1. The minimum atomic E-state index is -4.01. The van der Waals surface area contributed by atoms with Crippen molar-refractivity contribution >= 4 is 50.5 Å². The third kappa shape index (κ3) is 6.33. The van der Waals surface area contributed by atoms with Crippen molar-refractivity contribution in [3.05, 3.63) is 76.4 Å². The van der Waals surface area contributed by atoms with Crippen molar-refractivity contribution < 1.29 is 22.7 Å². The molecule has 0 spiro atoms. The number of ether oxygens (including phenoxy) is 2. The number of nitrogens with one attached hydrogen (secondary N) is 2. The van der Waals surface area contributed by atoms with Gasteiger partial charge in [-0.15, -0.1) is 0 Å². The lowest BCUT2D eigenvalue weighted by molar-refractivity contribution is 0.102. The van der Waals surface area contributed by atoms with E-state index in [1.54, 1.807) is 31.4 Å². The molecule has 168 valence electrons. The molecule has 0 radical (unpaired) electrons. The highest BCUT2D eigenvalue weighted by Crippen LogP contribution is 2.27. The molecule has 32 heavy (non-hydrogen) atoms. The van der Waals surface area contributed by atoms with Crippen molar-refractivity contribution in [1.82, 2.24) is 4.98 Å². The van der Waals surface area contributed by atoms with Crippen LogP contribution in [0.4, 0.5) is 11.4 Å². The molecule has 2 aromatic carbocycles. The molecule has 0 aliphatic carbocycles. The largest absolute Gasteiger partial charge is 0.475 e. The first-order valence-corrected chi connectivity index (χ1v) is 11.5. The Bertz CT molecular complexity index is 1200. The Morgan fingerprint density at radius 3 is 2.56 bits per heavy atom. The van der Waals surface area contributed by atoms with Crippen molar-refractivity contribution in [2.24, 2.45) is 0 Å². The molecule has 0 aliphatic rings. The van der Waals surface area contributed by atoms with E-state index in [9.17, 15) is 13.2 Å². The van der Waals surface area contributed by atoms with Gasteiger partial charge in [0, 0.05) is 29.4 Å². The van der Waals surface area contributed by atoms with E-state index in [1.165, 1.54) is 36.5 Å². The Hall–Kier alpha value is -2.85. The highest BCUT2D eigenvalue weighted by Gasteiger charge is 2.19. The molecule has 2 N–H and O–H groups in total. The number of rotatable bonds is 9. The first kappa shape index (κ1) is 23.8. The molecule has 0 bridgehead atoms. The zero-order valence-electron chi connectivity index (χ0n) is 16.8. The van der Waals surface area contributed by atoms with Crippen LogP contribution in [-0.4, -0.2) is 39.6 Å². The molecule has 3 rings (SSSR count). The van der Waals surface area contributed by atoms with Gasteiger partial charge in [0.1, 0.15) is 11.5 Å². The Balaban J connectivity index is 1.70. The predicted molar refractivity (Wildman–Crippen MR) is 123 cm³/mol. The van der Waals surface area contributed by atoms with Crippen LogP contribution >= 0.6 is 23.2 Å². The number of methoxy groups -OCH3 is 1. The number of aromatic nitrogens is 1. The minimum Gasteiger partial charge on any atom is -0.475 e. The summed E-state index contributed by atoms with van der Waals surface area (Å²) in [5, 5.41) is 2.95. The number of carbonyl (C=O) groups is 1. The Kier molecular flexibility index (Phi) is 7.92. The third-order valence-corrected chi connectivity index (χ3v) is 6.19. The molecule has 0 unspecified atom stereocenters. The summed E-state index contributed by atoms with van der Waals surface area (Å²) < 4.78 is 38.1. The average Bonchev–Trinajstić information content (AvgIpc) is 2.76. The summed E-state index contributed by atoms with van der Waals surface area (Å²) in [6, 6.07) is 13.4.